The van der Waals surface area contributed by atoms with E-state index < -0.39 is 0 Å². The van der Waals surface area contributed by atoms with Crippen LogP contribution in [0.25, 0.3) is 0 Å². The third kappa shape index (κ3) is 4.12. The molecule has 0 N–H and O–H groups in total. The van der Waals surface area contributed by atoms with Gasteiger partial charge in [0.15, 0.2) is 0 Å². The van der Waals surface area contributed by atoms with Crippen molar-refractivity contribution in [3.8, 4) is 0 Å². The lowest BCUT2D eigenvalue weighted by Gasteiger charge is -2.34. The van der Waals surface area contributed by atoms with Gasteiger partial charge in [0.2, 0.25) is 0 Å². The lowest BCUT2D eigenvalue weighted by molar-refractivity contribution is -0.144. The maximum Gasteiger partial charge on any atom is 0.320 e. The van der Waals surface area contributed by atoms with Gasteiger partial charge in [-0.3, -0.25) is 14.5 Å². The summed E-state index contributed by atoms with van der Waals surface area (Å²) in [6.45, 7) is 4.76. The summed E-state index contributed by atoms with van der Waals surface area (Å²) in [4.78, 5) is 27.6. The van der Waals surface area contributed by atoms with E-state index in [1.807, 2.05) is 4.90 Å². The first kappa shape index (κ1) is 17.1. The van der Waals surface area contributed by atoms with Crippen molar-refractivity contribution < 1.29 is 14.3 Å². The van der Waals surface area contributed by atoms with Gasteiger partial charge in [0.05, 0.1) is 28.8 Å². The maximum absolute atomic E-state index is 12.5. The van der Waals surface area contributed by atoms with E-state index >= 15 is 0 Å². The lowest BCUT2D eigenvalue weighted by atomic mass is 10.1. The minimum Gasteiger partial charge on any atom is -0.465 e. The van der Waals surface area contributed by atoms with Crippen LogP contribution in [0.2, 0.25) is 10.0 Å². The largest absolute Gasteiger partial charge is 0.465 e. The summed E-state index contributed by atoms with van der Waals surface area (Å²) in [5.74, 6) is -0.372. The zero-order valence-corrected chi connectivity index (χ0v) is 13.9. The Morgan fingerprint density at radius 3 is 2.50 bits per heavy atom. The van der Waals surface area contributed by atoms with Crippen LogP contribution in [-0.4, -0.2) is 61.0 Å². The Hall–Kier alpha value is -1.30. The van der Waals surface area contributed by atoms with Crippen LogP contribution in [0.3, 0.4) is 0 Å². The van der Waals surface area contributed by atoms with Crippen molar-refractivity contribution in [2.24, 2.45) is 0 Å². The molecule has 1 amide bonds. The van der Waals surface area contributed by atoms with Crippen LogP contribution in [0.4, 0.5) is 0 Å². The summed E-state index contributed by atoms with van der Waals surface area (Å²) in [6.07, 6.45) is 0. The van der Waals surface area contributed by atoms with Crippen LogP contribution < -0.4 is 0 Å². The standard InChI is InChI=1S/C15H18Cl2N2O3/c1-2-22-13(20)10-18-6-8-19(9-7-18)15(21)11-4-3-5-12(16)14(11)17/h3-5H,2,6-10H2,1H3. The third-order valence-corrected chi connectivity index (χ3v) is 4.32. The molecule has 1 fully saturated rings. The van der Waals surface area contributed by atoms with Crippen molar-refractivity contribution in [3.05, 3.63) is 33.8 Å². The number of hydrogen-bond acceptors (Lipinski definition) is 4. The maximum atomic E-state index is 12.5. The van der Waals surface area contributed by atoms with E-state index in [2.05, 4.69) is 0 Å². The predicted octanol–water partition coefficient (Wildman–Crippen LogP) is 2.31. The van der Waals surface area contributed by atoms with Crippen LogP contribution >= 0.6 is 23.2 Å². The Morgan fingerprint density at radius 1 is 1.18 bits per heavy atom. The first-order chi connectivity index (χ1) is 10.5. The minimum atomic E-state index is -0.236. The Labute approximate surface area is 139 Å². The predicted molar refractivity (Wildman–Crippen MR) is 85.4 cm³/mol. The van der Waals surface area contributed by atoms with Gasteiger partial charge in [0.1, 0.15) is 0 Å². The second kappa shape index (κ2) is 7.81. The number of amides is 1. The van der Waals surface area contributed by atoms with Crippen LogP contribution in [0.5, 0.6) is 0 Å². The highest BCUT2D eigenvalue weighted by Crippen LogP contribution is 2.26. The van der Waals surface area contributed by atoms with Gasteiger partial charge in [-0.2, -0.15) is 0 Å². The molecule has 1 heterocycles. The third-order valence-electron chi connectivity index (χ3n) is 3.50. The molecule has 0 bridgehead atoms. The van der Waals surface area contributed by atoms with Gasteiger partial charge in [0, 0.05) is 26.2 Å². The number of rotatable bonds is 4. The van der Waals surface area contributed by atoms with Crippen LogP contribution in [0.15, 0.2) is 18.2 Å². The van der Waals surface area contributed by atoms with E-state index in [4.69, 9.17) is 27.9 Å². The molecule has 1 aliphatic heterocycles. The summed E-state index contributed by atoms with van der Waals surface area (Å²) >= 11 is 12.0. The summed E-state index contributed by atoms with van der Waals surface area (Å²) < 4.78 is 4.92. The molecule has 0 spiro atoms. The van der Waals surface area contributed by atoms with E-state index in [1.54, 1.807) is 30.0 Å². The average Bonchev–Trinajstić information content (AvgIpc) is 2.50. The van der Waals surface area contributed by atoms with Gasteiger partial charge in [0.25, 0.3) is 5.91 Å². The fourth-order valence-corrected chi connectivity index (χ4v) is 2.72. The van der Waals surface area contributed by atoms with E-state index in [0.29, 0.717) is 43.4 Å². The van der Waals surface area contributed by atoms with Crippen molar-refractivity contribution in [1.29, 1.82) is 0 Å². The molecule has 120 valence electrons. The summed E-state index contributed by atoms with van der Waals surface area (Å²) in [5, 5.41) is 0.650. The zero-order chi connectivity index (χ0) is 16.1. The highest BCUT2D eigenvalue weighted by Gasteiger charge is 2.25. The van der Waals surface area contributed by atoms with E-state index in [0.717, 1.165) is 0 Å². The molecule has 1 aliphatic rings. The van der Waals surface area contributed by atoms with E-state index in [1.165, 1.54) is 0 Å². The number of halogens is 2. The fourth-order valence-electron chi connectivity index (χ4n) is 2.34. The monoisotopic (exact) mass is 344 g/mol. The molecule has 2 rings (SSSR count). The van der Waals surface area contributed by atoms with Crippen LogP contribution in [-0.2, 0) is 9.53 Å². The highest BCUT2D eigenvalue weighted by molar-refractivity contribution is 6.43. The van der Waals surface area contributed by atoms with E-state index in [-0.39, 0.29) is 23.4 Å². The molecule has 5 nitrogen and oxygen atoms in total. The van der Waals surface area contributed by atoms with Crippen LogP contribution in [0.1, 0.15) is 17.3 Å². The van der Waals surface area contributed by atoms with Gasteiger partial charge >= 0.3 is 5.97 Å². The number of ether oxygens (including phenoxy) is 1. The van der Waals surface area contributed by atoms with Gasteiger partial charge in [-0.25, -0.2) is 0 Å². The SMILES string of the molecule is CCOC(=O)CN1CCN(C(=O)c2cccc(Cl)c2Cl)CC1. The van der Waals surface area contributed by atoms with Crippen LogP contribution in [0, 0.1) is 0 Å². The molecule has 1 saturated heterocycles. The molecule has 1 aromatic carbocycles. The Morgan fingerprint density at radius 2 is 1.86 bits per heavy atom. The van der Waals surface area contributed by atoms with Crippen molar-refractivity contribution in [2.45, 2.75) is 6.92 Å². The smallest absolute Gasteiger partial charge is 0.320 e. The second-order valence-corrected chi connectivity index (χ2v) is 5.76. The number of esters is 1. The van der Waals surface area contributed by atoms with Gasteiger partial charge in [-0.1, -0.05) is 29.3 Å². The minimum absolute atomic E-state index is 0.136. The molecule has 0 aliphatic carbocycles. The summed E-state index contributed by atoms with van der Waals surface area (Å²) in [5.41, 5.74) is 0.410. The number of carbonyl (C=O) groups is 2. The second-order valence-electron chi connectivity index (χ2n) is 4.97. The molecule has 0 unspecified atom stereocenters. The molecule has 1 aromatic rings. The molecule has 0 saturated carbocycles. The molecule has 22 heavy (non-hydrogen) atoms. The summed E-state index contributed by atoms with van der Waals surface area (Å²) in [6, 6.07) is 5.03. The quantitative estimate of drug-likeness (QED) is 0.786. The molecule has 0 aromatic heterocycles. The number of carbonyl (C=O) groups excluding carboxylic acids is 2. The van der Waals surface area contributed by atoms with Crippen molar-refractivity contribution >= 4 is 35.1 Å². The Balaban J connectivity index is 1.92. The fraction of sp³-hybridized carbons (Fsp3) is 0.467. The zero-order valence-electron chi connectivity index (χ0n) is 12.3. The molecule has 7 heteroatoms. The average molecular weight is 345 g/mol. The molecular formula is C15H18Cl2N2O3. The summed E-state index contributed by atoms with van der Waals surface area (Å²) in [7, 11) is 0. The first-order valence-corrected chi connectivity index (χ1v) is 7.89. The molecule has 0 radical (unpaired) electrons. The Bertz CT molecular complexity index is 558. The van der Waals surface area contributed by atoms with Crippen molar-refractivity contribution in [1.82, 2.24) is 9.80 Å². The topological polar surface area (TPSA) is 49.9 Å². The van der Waals surface area contributed by atoms with E-state index in [9.17, 15) is 9.59 Å². The van der Waals surface area contributed by atoms with Gasteiger partial charge < -0.3 is 9.64 Å². The number of hydrogen-bond donors (Lipinski definition) is 0. The van der Waals surface area contributed by atoms with Crippen molar-refractivity contribution in [2.75, 3.05) is 39.3 Å². The normalized spacial score (nSPS) is 15.7. The number of piperazine rings is 1. The van der Waals surface area contributed by atoms with Gasteiger partial charge in [-0.15, -0.1) is 0 Å². The highest BCUT2D eigenvalue weighted by atomic mass is 35.5. The Kier molecular flexibility index (Phi) is 6.06. The lowest BCUT2D eigenvalue weighted by Crippen LogP contribution is -2.50. The number of nitrogens with zero attached hydrogens (tertiary/aromatic N) is 2. The molecular weight excluding hydrogens is 327 g/mol. The number of benzene rings is 1. The van der Waals surface area contributed by atoms with Crippen molar-refractivity contribution in [3.63, 3.8) is 0 Å². The van der Waals surface area contributed by atoms with Gasteiger partial charge in [-0.05, 0) is 19.1 Å². The molecule has 0 atom stereocenters. The first-order valence-electron chi connectivity index (χ1n) is 7.14.